The van der Waals surface area contributed by atoms with Crippen molar-refractivity contribution >= 4 is 11.7 Å². The van der Waals surface area contributed by atoms with E-state index in [-0.39, 0.29) is 5.84 Å². The van der Waals surface area contributed by atoms with Crippen LogP contribution in [-0.2, 0) is 0 Å². The van der Waals surface area contributed by atoms with Gasteiger partial charge in [-0.2, -0.15) is 0 Å². The smallest absolute Gasteiger partial charge is 0.173 e. The number of nitrogens with zero attached hydrogens (tertiary/aromatic N) is 3. The summed E-state index contributed by atoms with van der Waals surface area (Å²) in [6.45, 7) is 4.23. The summed E-state index contributed by atoms with van der Waals surface area (Å²) in [6.07, 6.45) is 6.18. The van der Waals surface area contributed by atoms with E-state index < -0.39 is 0 Å². The molecule has 0 radical (unpaired) electrons. The van der Waals surface area contributed by atoms with Gasteiger partial charge in [0, 0.05) is 18.8 Å². The van der Waals surface area contributed by atoms with Crippen molar-refractivity contribution in [2.24, 2.45) is 16.8 Å². The van der Waals surface area contributed by atoms with E-state index in [2.05, 4.69) is 29.0 Å². The van der Waals surface area contributed by atoms with Gasteiger partial charge < -0.3 is 15.8 Å². The molecule has 1 aliphatic carbocycles. The van der Waals surface area contributed by atoms with E-state index in [9.17, 15) is 0 Å². The largest absolute Gasteiger partial charge is 0.409 e. The lowest BCUT2D eigenvalue weighted by Gasteiger charge is -2.36. The van der Waals surface area contributed by atoms with E-state index in [1.807, 2.05) is 19.1 Å². The van der Waals surface area contributed by atoms with E-state index >= 15 is 0 Å². The SMILES string of the molecule is CCC1CCC(N(C)c2nc(C)ccc2C(N)=NO)CC1. The van der Waals surface area contributed by atoms with Crippen LogP contribution in [0.5, 0.6) is 0 Å². The standard InChI is InChI=1S/C16H26N4O/c1-4-12-6-8-13(9-7-12)20(3)16-14(15(17)19-21)10-5-11(2)18-16/h5,10,12-13,21H,4,6-9H2,1-3H3,(H2,17,19). The average Bonchev–Trinajstić information content (AvgIpc) is 2.53. The Hall–Kier alpha value is -1.78. The van der Waals surface area contributed by atoms with Crippen LogP contribution in [0.3, 0.4) is 0 Å². The number of hydrogen-bond donors (Lipinski definition) is 2. The quantitative estimate of drug-likeness (QED) is 0.387. The molecule has 1 fully saturated rings. The summed E-state index contributed by atoms with van der Waals surface area (Å²) < 4.78 is 0. The number of amidine groups is 1. The minimum atomic E-state index is 0.117. The van der Waals surface area contributed by atoms with Gasteiger partial charge in [-0.05, 0) is 50.7 Å². The normalized spacial score (nSPS) is 23.1. The first-order chi connectivity index (χ1) is 10.1. The van der Waals surface area contributed by atoms with Crippen LogP contribution in [0, 0.1) is 12.8 Å². The van der Waals surface area contributed by atoms with Crippen LogP contribution < -0.4 is 10.6 Å². The molecule has 0 amide bonds. The van der Waals surface area contributed by atoms with Gasteiger partial charge in [0.05, 0.1) is 5.56 Å². The molecule has 5 nitrogen and oxygen atoms in total. The Kier molecular flexibility index (Phi) is 5.04. The second-order valence-electron chi connectivity index (χ2n) is 6.00. The zero-order valence-corrected chi connectivity index (χ0v) is 13.2. The fraction of sp³-hybridized carbons (Fsp3) is 0.625. The van der Waals surface area contributed by atoms with Crippen LogP contribution in [0.4, 0.5) is 5.82 Å². The fourth-order valence-electron chi connectivity index (χ4n) is 3.18. The lowest BCUT2D eigenvalue weighted by atomic mass is 9.84. The van der Waals surface area contributed by atoms with Gasteiger partial charge in [0.2, 0.25) is 0 Å². The predicted octanol–water partition coefficient (Wildman–Crippen LogP) is 2.89. The third-order valence-corrected chi connectivity index (χ3v) is 4.67. The Labute approximate surface area is 126 Å². The van der Waals surface area contributed by atoms with Crippen molar-refractivity contribution in [1.82, 2.24) is 4.98 Å². The van der Waals surface area contributed by atoms with Crippen LogP contribution in [0.25, 0.3) is 0 Å². The van der Waals surface area contributed by atoms with E-state index in [4.69, 9.17) is 10.9 Å². The minimum Gasteiger partial charge on any atom is -0.409 e. The first-order valence-corrected chi connectivity index (χ1v) is 7.75. The molecule has 3 N–H and O–H groups in total. The molecule has 0 aromatic carbocycles. The molecule has 0 aliphatic heterocycles. The molecule has 0 atom stereocenters. The van der Waals surface area contributed by atoms with Gasteiger partial charge in [0.1, 0.15) is 5.82 Å². The summed E-state index contributed by atoms with van der Waals surface area (Å²) >= 11 is 0. The van der Waals surface area contributed by atoms with E-state index in [1.165, 1.54) is 32.1 Å². The second kappa shape index (κ2) is 6.78. The van der Waals surface area contributed by atoms with Gasteiger partial charge in [-0.25, -0.2) is 4.98 Å². The first-order valence-electron chi connectivity index (χ1n) is 7.75. The average molecular weight is 290 g/mol. The molecule has 1 aliphatic rings. The van der Waals surface area contributed by atoms with Crippen LogP contribution in [0.15, 0.2) is 17.3 Å². The lowest BCUT2D eigenvalue weighted by molar-refractivity contribution is 0.312. The van der Waals surface area contributed by atoms with E-state index in [1.54, 1.807) is 0 Å². The number of aromatic nitrogens is 1. The summed E-state index contributed by atoms with van der Waals surface area (Å²) in [7, 11) is 2.06. The topological polar surface area (TPSA) is 74.7 Å². The summed E-state index contributed by atoms with van der Waals surface area (Å²) in [5.74, 6) is 1.79. The van der Waals surface area contributed by atoms with Crippen molar-refractivity contribution in [1.29, 1.82) is 0 Å². The fourth-order valence-corrected chi connectivity index (χ4v) is 3.18. The van der Waals surface area contributed by atoms with Gasteiger partial charge in [0.15, 0.2) is 5.84 Å². The van der Waals surface area contributed by atoms with Crippen LogP contribution >= 0.6 is 0 Å². The number of aryl methyl sites for hydroxylation is 1. The molecule has 1 heterocycles. The molecule has 5 heteroatoms. The highest BCUT2D eigenvalue weighted by Crippen LogP contribution is 2.31. The van der Waals surface area contributed by atoms with Crippen LogP contribution in [0.1, 0.15) is 50.3 Å². The molecule has 1 aromatic rings. The van der Waals surface area contributed by atoms with Gasteiger partial charge in [-0.1, -0.05) is 18.5 Å². The number of pyridine rings is 1. The highest BCUT2D eigenvalue weighted by atomic mass is 16.4. The Morgan fingerprint density at radius 1 is 1.38 bits per heavy atom. The van der Waals surface area contributed by atoms with Gasteiger partial charge in [-0.15, -0.1) is 0 Å². The molecule has 116 valence electrons. The lowest BCUT2D eigenvalue weighted by Crippen LogP contribution is -2.37. The molecule has 1 aromatic heterocycles. The monoisotopic (exact) mass is 290 g/mol. The molecule has 0 bridgehead atoms. The Balaban J connectivity index is 2.22. The van der Waals surface area contributed by atoms with Crippen molar-refractivity contribution in [3.05, 3.63) is 23.4 Å². The molecule has 21 heavy (non-hydrogen) atoms. The number of oxime groups is 1. The minimum absolute atomic E-state index is 0.117. The summed E-state index contributed by atoms with van der Waals surface area (Å²) in [4.78, 5) is 6.81. The highest BCUT2D eigenvalue weighted by molar-refractivity contribution is 6.01. The third kappa shape index (κ3) is 3.46. The number of hydrogen-bond acceptors (Lipinski definition) is 4. The molecule has 1 saturated carbocycles. The second-order valence-corrected chi connectivity index (χ2v) is 6.00. The summed E-state index contributed by atoms with van der Waals surface area (Å²) in [5, 5.41) is 12.1. The summed E-state index contributed by atoms with van der Waals surface area (Å²) in [5.41, 5.74) is 7.43. The Morgan fingerprint density at radius 2 is 2.05 bits per heavy atom. The molecule has 0 unspecified atom stereocenters. The van der Waals surface area contributed by atoms with Crippen molar-refractivity contribution < 1.29 is 5.21 Å². The Morgan fingerprint density at radius 3 is 2.62 bits per heavy atom. The van der Waals surface area contributed by atoms with Gasteiger partial charge in [0.25, 0.3) is 0 Å². The van der Waals surface area contributed by atoms with Gasteiger partial charge in [-0.3, -0.25) is 0 Å². The highest BCUT2D eigenvalue weighted by Gasteiger charge is 2.25. The van der Waals surface area contributed by atoms with E-state index in [0.29, 0.717) is 11.6 Å². The predicted molar refractivity (Wildman–Crippen MR) is 85.9 cm³/mol. The summed E-state index contributed by atoms with van der Waals surface area (Å²) in [6, 6.07) is 4.24. The van der Waals surface area contributed by atoms with Crippen molar-refractivity contribution in [2.75, 3.05) is 11.9 Å². The van der Waals surface area contributed by atoms with Crippen LogP contribution in [-0.4, -0.2) is 29.1 Å². The molecular weight excluding hydrogens is 264 g/mol. The number of anilines is 1. The van der Waals surface area contributed by atoms with Crippen molar-refractivity contribution in [2.45, 2.75) is 52.0 Å². The number of nitrogens with two attached hydrogens (primary N) is 1. The van der Waals surface area contributed by atoms with Crippen LogP contribution in [0.2, 0.25) is 0 Å². The number of rotatable bonds is 4. The maximum absolute atomic E-state index is 8.96. The third-order valence-electron chi connectivity index (χ3n) is 4.67. The van der Waals surface area contributed by atoms with E-state index in [0.717, 1.165) is 17.4 Å². The molecule has 2 rings (SSSR count). The maximum Gasteiger partial charge on any atom is 0.173 e. The zero-order chi connectivity index (χ0) is 15.4. The van der Waals surface area contributed by atoms with Gasteiger partial charge >= 0.3 is 0 Å². The Bertz CT molecular complexity index is 507. The molecule has 0 spiro atoms. The molecule has 0 saturated heterocycles. The van der Waals surface area contributed by atoms with Crippen molar-refractivity contribution in [3.63, 3.8) is 0 Å². The molecular formula is C16H26N4O. The zero-order valence-electron chi connectivity index (χ0n) is 13.2. The van der Waals surface area contributed by atoms with Crippen molar-refractivity contribution in [3.8, 4) is 0 Å². The first kappa shape index (κ1) is 15.6. The maximum atomic E-state index is 8.96.